The van der Waals surface area contributed by atoms with E-state index in [1.54, 1.807) is 0 Å². The van der Waals surface area contributed by atoms with Crippen molar-refractivity contribution in [1.29, 1.82) is 0 Å². The molecule has 0 spiro atoms. The molecule has 1 heterocycles. The van der Waals surface area contributed by atoms with Crippen molar-refractivity contribution in [3.05, 3.63) is 5.69 Å². The second-order valence-corrected chi connectivity index (χ2v) is 2.76. The standard InChI is InChI=1S/C7H14N4/c1-4-5-6-7(11(2)3)9-10-8-6/h4-5H2,1-3H3,(H,8,9,10). The summed E-state index contributed by atoms with van der Waals surface area (Å²) in [5.41, 5.74) is 1.12. The number of H-pyrrole nitrogens is 1. The lowest BCUT2D eigenvalue weighted by Crippen LogP contribution is -2.11. The van der Waals surface area contributed by atoms with E-state index in [2.05, 4.69) is 22.3 Å². The maximum absolute atomic E-state index is 3.95. The van der Waals surface area contributed by atoms with Crippen LogP contribution in [0.4, 0.5) is 5.82 Å². The van der Waals surface area contributed by atoms with Crippen molar-refractivity contribution >= 4 is 5.82 Å². The molecule has 4 heteroatoms. The van der Waals surface area contributed by atoms with Gasteiger partial charge in [-0.25, -0.2) is 0 Å². The van der Waals surface area contributed by atoms with Crippen LogP contribution in [0.3, 0.4) is 0 Å². The molecule has 62 valence electrons. The highest BCUT2D eigenvalue weighted by atomic mass is 15.4. The lowest BCUT2D eigenvalue weighted by Gasteiger charge is -2.08. The first-order valence-electron chi connectivity index (χ1n) is 3.83. The average molecular weight is 154 g/mol. The molecule has 0 unspecified atom stereocenters. The molecule has 0 bridgehead atoms. The smallest absolute Gasteiger partial charge is 0.173 e. The number of aryl methyl sites for hydroxylation is 1. The zero-order valence-electron chi connectivity index (χ0n) is 7.26. The average Bonchev–Trinajstić information content (AvgIpc) is 2.36. The van der Waals surface area contributed by atoms with Gasteiger partial charge in [-0.05, 0) is 6.42 Å². The third-order valence-electron chi connectivity index (χ3n) is 1.52. The van der Waals surface area contributed by atoms with Crippen molar-refractivity contribution in [3.8, 4) is 0 Å². The molecule has 0 radical (unpaired) electrons. The molecule has 0 atom stereocenters. The first-order valence-corrected chi connectivity index (χ1v) is 3.83. The van der Waals surface area contributed by atoms with Gasteiger partial charge in [0.25, 0.3) is 0 Å². The highest BCUT2D eigenvalue weighted by molar-refractivity contribution is 5.40. The third-order valence-corrected chi connectivity index (χ3v) is 1.52. The molecular formula is C7H14N4. The minimum absolute atomic E-state index is 0.951. The van der Waals surface area contributed by atoms with Crippen LogP contribution in [0.15, 0.2) is 0 Å². The zero-order valence-corrected chi connectivity index (χ0v) is 7.26. The molecule has 1 N–H and O–H groups in total. The van der Waals surface area contributed by atoms with E-state index in [1.807, 2.05) is 19.0 Å². The van der Waals surface area contributed by atoms with Crippen LogP contribution >= 0.6 is 0 Å². The molecule has 0 aliphatic heterocycles. The Balaban J connectivity index is 2.78. The summed E-state index contributed by atoms with van der Waals surface area (Å²) in [6.45, 7) is 2.14. The van der Waals surface area contributed by atoms with Crippen LogP contribution in [0.5, 0.6) is 0 Å². The molecular weight excluding hydrogens is 140 g/mol. The van der Waals surface area contributed by atoms with Crippen molar-refractivity contribution < 1.29 is 0 Å². The third kappa shape index (κ3) is 1.69. The van der Waals surface area contributed by atoms with Gasteiger partial charge in [0.1, 0.15) is 0 Å². The van der Waals surface area contributed by atoms with Crippen molar-refractivity contribution in [2.45, 2.75) is 19.8 Å². The molecule has 0 amide bonds. The van der Waals surface area contributed by atoms with Crippen LogP contribution in [0.1, 0.15) is 19.0 Å². The Labute approximate surface area is 66.6 Å². The molecule has 0 saturated heterocycles. The van der Waals surface area contributed by atoms with Gasteiger partial charge in [0.2, 0.25) is 0 Å². The van der Waals surface area contributed by atoms with Gasteiger partial charge in [-0.1, -0.05) is 18.6 Å². The largest absolute Gasteiger partial charge is 0.360 e. The van der Waals surface area contributed by atoms with E-state index >= 15 is 0 Å². The minimum atomic E-state index is 0.951. The summed E-state index contributed by atoms with van der Waals surface area (Å²) in [6, 6.07) is 0. The van der Waals surface area contributed by atoms with Gasteiger partial charge < -0.3 is 4.90 Å². The second-order valence-electron chi connectivity index (χ2n) is 2.76. The fraction of sp³-hybridized carbons (Fsp3) is 0.714. The van der Waals surface area contributed by atoms with E-state index in [-0.39, 0.29) is 0 Å². The summed E-state index contributed by atoms with van der Waals surface area (Å²) in [5.74, 6) is 0.951. The number of nitrogens with zero attached hydrogens (tertiary/aromatic N) is 3. The first-order chi connectivity index (χ1) is 5.25. The normalized spacial score (nSPS) is 10.1. The predicted octanol–water partition coefficient (Wildman–Crippen LogP) is 0.823. The topological polar surface area (TPSA) is 44.8 Å². The first kappa shape index (κ1) is 8.04. The predicted molar refractivity (Wildman–Crippen MR) is 44.7 cm³/mol. The molecule has 1 aromatic rings. The lowest BCUT2D eigenvalue weighted by molar-refractivity contribution is 0.853. The number of rotatable bonds is 3. The minimum Gasteiger partial charge on any atom is -0.360 e. The van der Waals surface area contributed by atoms with E-state index in [0.717, 1.165) is 24.4 Å². The fourth-order valence-corrected chi connectivity index (χ4v) is 1.02. The highest BCUT2D eigenvalue weighted by Gasteiger charge is 2.06. The van der Waals surface area contributed by atoms with Crippen molar-refractivity contribution in [2.75, 3.05) is 19.0 Å². The zero-order chi connectivity index (χ0) is 8.27. The summed E-state index contributed by atoms with van der Waals surface area (Å²) in [5, 5.41) is 10.6. The number of hydrogen-bond donors (Lipinski definition) is 1. The fourth-order valence-electron chi connectivity index (χ4n) is 1.02. The van der Waals surface area contributed by atoms with Gasteiger partial charge in [0.15, 0.2) is 5.82 Å². The molecule has 4 nitrogen and oxygen atoms in total. The van der Waals surface area contributed by atoms with Crippen LogP contribution in [-0.4, -0.2) is 29.5 Å². The van der Waals surface area contributed by atoms with Crippen molar-refractivity contribution in [1.82, 2.24) is 15.4 Å². The maximum atomic E-state index is 3.95. The Morgan fingerprint density at radius 2 is 2.18 bits per heavy atom. The molecule has 1 rings (SSSR count). The van der Waals surface area contributed by atoms with Gasteiger partial charge in [-0.2, -0.15) is 0 Å². The van der Waals surface area contributed by atoms with Gasteiger partial charge in [-0.15, -0.1) is 5.10 Å². The van der Waals surface area contributed by atoms with E-state index in [1.165, 1.54) is 0 Å². The Kier molecular flexibility index (Phi) is 2.46. The molecule has 1 aromatic heterocycles. The lowest BCUT2D eigenvalue weighted by atomic mass is 10.2. The number of aromatic amines is 1. The quantitative estimate of drug-likeness (QED) is 0.701. The number of nitrogens with one attached hydrogen (secondary N) is 1. The van der Waals surface area contributed by atoms with Crippen LogP contribution in [0.2, 0.25) is 0 Å². The number of anilines is 1. The highest BCUT2D eigenvalue weighted by Crippen LogP contribution is 2.12. The molecule has 0 saturated carbocycles. The van der Waals surface area contributed by atoms with Crippen molar-refractivity contribution in [2.24, 2.45) is 0 Å². The molecule has 0 fully saturated rings. The molecule has 11 heavy (non-hydrogen) atoms. The van der Waals surface area contributed by atoms with Gasteiger partial charge in [0.05, 0.1) is 5.69 Å². The monoisotopic (exact) mass is 154 g/mol. The molecule has 0 aromatic carbocycles. The van der Waals surface area contributed by atoms with E-state index in [4.69, 9.17) is 0 Å². The number of hydrogen-bond acceptors (Lipinski definition) is 3. The van der Waals surface area contributed by atoms with Gasteiger partial charge >= 0.3 is 0 Å². The molecule has 0 aliphatic rings. The SMILES string of the molecule is CCCc1[nH]nnc1N(C)C. The van der Waals surface area contributed by atoms with E-state index < -0.39 is 0 Å². The summed E-state index contributed by atoms with van der Waals surface area (Å²) in [7, 11) is 3.94. The Hall–Kier alpha value is -1.06. The summed E-state index contributed by atoms with van der Waals surface area (Å²) in [4.78, 5) is 1.97. The maximum Gasteiger partial charge on any atom is 0.173 e. The van der Waals surface area contributed by atoms with Gasteiger partial charge in [0, 0.05) is 14.1 Å². The number of aromatic nitrogens is 3. The van der Waals surface area contributed by atoms with E-state index in [9.17, 15) is 0 Å². The van der Waals surface area contributed by atoms with Crippen molar-refractivity contribution in [3.63, 3.8) is 0 Å². The Bertz CT molecular complexity index is 216. The Morgan fingerprint density at radius 3 is 2.73 bits per heavy atom. The summed E-state index contributed by atoms with van der Waals surface area (Å²) >= 11 is 0. The van der Waals surface area contributed by atoms with Crippen LogP contribution in [0.25, 0.3) is 0 Å². The molecule has 0 aliphatic carbocycles. The van der Waals surface area contributed by atoms with Crippen LogP contribution < -0.4 is 4.90 Å². The summed E-state index contributed by atoms with van der Waals surface area (Å²) < 4.78 is 0. The second kappa shape index (κ2) is 3.37. The van der Waals surface area contributed by atoms with Crippen LogP contribution in [0, 0.1) is 0 Å². The van der Waals surface area contributed by atoms with Crippen LogP contribution in [-0.2, 0) is 6.42 Å². The van der Waals surface area contributed by atoms with E-state index in [0.29, 0.717) is 0 Å². The summed E-state index contributed by atoms with van der Waals surface area (Å²) in [6.07, 6.45) is 2.13. The van der Waals surface area contributed by atoms with Gasteiger partial charge in [-0.3, -0.25) is 5.10 Å². The Morgan fingerprint density at radius 1 is 1.45 bits per heavy atom.